The van der Waals surface area contributed by atoms with Crippen LogP contribution in [0, 0.1) is 0 Å². The molecule has 1 heterocycles. The molecule has 0 unspecified atom stereocenters. The molecule has 0 spiro atoms. The second-order valence-corrected chi connectivity index (χ2v) is 4.66. The number of carbonyl (C=O) groups excluding carboxylic acids is 1. The molecule has 0 aliphatic heterocycles. The Kier molecular flexibility index (Phi) is 4.12. The van der Waals surface area contributed by atoms with Gasteiger partial charge in [-0.1, -0.05) is 19.3 Å². The Hall–Kier alpha value is -1.65. The van der Waals surface area contributed by atoms with Gasteiger partial charge in [-0.05, 0) is 12.8 Å². The fourth-order valence-corrected chi connectivity index (χ4v) is 2.38. The van der Waals surface area contributed by atoms with Gasteiger partial charge in [-0.3, -0.25) is 4.98 Å². The van der Waals surface area contributed by atoms with E-state index in [0.29, 0.717) is 6.04 Å². The number of hydrogen-bond acceptors (Lipinski definition) is 5. The third-order valence-corrected chi connectivity index (χ3v) is 3.50. The van der Waals surface area contributed by atoms with Gasteiger partial charge in [0.1, 0.15) is 5.82 Å². The number of carbonyl (C=O) groups is 1. The van der Waals surface area contributed by atoms with Crippen molar-refractivity contribution in [2.45, 2.75) is 38.1 Å². The van der Waals surface area contributed by atoms with Crippen LogP contribution >= 0.6 is 0 Å². The molecular weight excluding hydrogens is 230 g/mol. The molecule has 1 aromatic rings. The fraction of sp³-hybridized carbons (Fsp3) is 0.615. The fourth-order valence-electron chi connectivity index (χ4n) is 2.38. The largest absolute Gasteiger partial charge is 0.464 e. The minimum atomic E-state index is -0.443. The van der Waals surface area contributed by atoms with E-state index in [0.717, 1.165) is 5.82 Å². The maximum absolute atomic E-state index is 11.4. The first-order valence-corrected chi connectivity index (χ1v) is 6.35. The average Bonchev–Trinajstić information content (AvgIpc) is 2.46. The number of rotatable bonds is 3. The van der Waals surface area contributed by atoms with E-state index in [-0.39, 0.29) is 5.69 Å². The summed E-state index contributed by atoms with van der Waals surface area (Å²) in [6.45, 7) is 0. The predicted octanol–water partition coefficient (Wildman–Crippen LogP) is 2.03. The molecule has 1 fully saturated rings. The SMILES string of the molecule is COC(=O)c1cncc(N(C)C2CCCCC2)n1. The van der Waals surface area contributed by atoms with Crippen LogP contribution in [-0.2, 0) is 4.74 Å². The number of aromatic nitrogens is 2. The molecule has 98 valence electrons. The topological polar surface area (TPSA) is 55.3 Å². The molecule has 1 aliphatic rings. The van der Waals surface area contributed by atoms with Gasteiger partial charge in [-0.2, -0.15) is 0 Å². The monoisotopic (exact) mass is 249 g/mol. The van der Waals surface area contributed by atoms with Crippen LogP contribution in [0.1, 0.15) is 42.6 Å². The summed E-state index contributed by atoms with van der Waals surface area (Å²) in [5.74, 6) is 0.297. The smallest absolute Gasteiger partial charge is 0.358 e. The average molecular weight is 249 g/mol. The third-order valence-electron chi connectivity index (χ3n) is 3.50. The highest BCUT2D eigenvalue weighted by Crippen LogP contribution is 2.24. The molecule has 1 aliphatic carbocycles. The van der Waals surface area contributed by atoms with Crippen molar-refractivity contribution in [3.05, 3.63) is 18.1 Å². The lowest BCUT2D eigenvalue weighted by atomic mass is 9.94. The number of nitrogens with zero attached hydrogens (tertiary/aromatic N) is 3. The summed E-state index contributed by atoms with van der Waals surface area (Å²) in [4.78, 5) is 21.9. The maximum atomic E-state index is 11.4. The normalized spacial score (nSPS) is 16.3. The van der Waals surface area contributed by atoms with Crippen molar-refractivity contribution in [1.82, 2.24) is 9.97 Å². The minimum Gasteiger partial charge on any atom is -0.464 e. The Morgan fingerprint density at radius 1 is 1.33 bits per heavy atom. The summed E-state index contributed by atoms with van der Waals surface area (Å²) in [6.07, 6.45) is 9.34. The highest BCUT2D eigenvalue weighted by Gasteiger charge is 2.20. The number of hydrogen-bond donors (Lipinski definition) is 0. The predicted molar refractivity (Wildman–Crippen MR) is 68.6 cm³/mol. The lowest BCUT2D eigenvalue weighted by Gasteiger charge is -2.31. The van der Waals surface area contributed by atoms with Crippen molar-refractivity contribution in [2.75, 3.05) is 19.1 Å². The minimum absolute atomic E-state index is 0.262. The van der Waals surface area contributed by atoms with E-state index in [1.165, 1.54) is 45.4 Å². The summed E-state index contributed by atoms with van der Waals surface area (Å²) >= 11 is 0. The summed E-state index contributed by atoms with van der Waals surface area (Å²) < 4.78 is 4.66. The summed E-state index contributed by atoms with van der Waals surface area (Å²) in [6, 6.07) is 0.501. The highest BCUT2D eigenvalue weighted by molar-refractivity contribution is 5.87. The van der Waals surface area contributed by atoms with Crippen molar-refractivity contribution in [3.8, 4) is 0 Å². The molecule has 0 atom stereocenters. The van der Waals surface area contributed by atoms with Crippen molar-refractivity contribution in [2.24, 2.45) is 0 Å². The van der Waals surface area contributed by atoms with Crippen LogP contribution in [-0.4, -0.2) is 36.1 Å². The molecular formula is C13H19N3O2. The van der Waals surface area contributed by atoms with Crippen molar-refractivity contribution in [1.29, 1.82) is 0 Å². The second-order valence-electron chi connectivity index (χ2n) is 4.66. The molecule has 1 aromatic heterocycles. The zero-order chi connectivity index (χ0) is 13.0. The maximum Gasteiger partial charge on any atom is 0.358 e. The first-order valence-electron chi connectivity index (χ1n) is 6.35. The lowest BCUT2D eigenvalue weighted by Crippen LogP contribution is -2.34. The lowest BCUT2D eigenvalue weighted by molar-refractivity contribution is 0.0593. The van der Waals surface area contributed by atoms with E-state index in [9.17, 15) is 4.79 Å². The van der Waals surface area contributed by atoms with Crippen LogP contribution in [0.15, 0.2) is 12.4 Å². The molecule has 0 aromatic carbocycles. The molecule has 0 radical (unpaired) electrons. The first kappa shape index (κ1) is 12.8. The van der Waals surface area contributed by atoms with E-state index in [1.54, 1.807) is 6.20 Å². The van der Waals surface area contributed by atoms with Gasteiger partial charge in [0.05, 0.1) is 19.5 Å². The van der Waals surface area contributed by atoms with Crippen molar-refractivity contribution in [3.63, 3.8) is 0 Å². The van der Waals surface area contributed by atoms with E-state index in [4.69, 9.17) is 0 Å². The summed E-state index contributed by atoms with van der Waals surface area (Å²) in [7, 11) is 3.36. The van der Waals surface area contributed by atoms with Gasteiger partial charge in [0.15, 0.2) is 5.69 Å². The van der Waals surface area contributed by atoms with Crippen LogP contribution in [0.2, 0.25) is 0 Å². The molecule has 0 amide bonds. The van der Waals surface area contributed by atoms with E-state index < -0.39 is 5.97 Å². The molecule has 0 bridgehead atoms. The second kappa shape index (κ2) is 5.80. The number of ether oxygens (including phenoxy) is 1. The molecule has 2 rings (SSSR count). The molecule has 5 heteroatoms. The van der Waals surface area contributed by atoms with Crippen LogP contribution in [0.3, 0.4) is 0 Å². The zero-order valence-corrected chi connectivity index (χ0v) is 10.9. The van der Waals surface area contributed by atoms with Gasteiger partial charge in [0.2, 0.25) is 0 Å². The summed E-state index contributed by atoms with van der Waals surface area (Å²) in [5, 5.41) is 0. The van der Waals surface area contributed by atoms with Gasteiger partial charge in [-0.25, -0.2) is 9.78 Å². The van der Waals surface area contributed by atoms with Gasteiger partial charge in [-0.15, -0.1) is 0 Å². The molecule has 5 nitrogen and oxygen atoms in total. The number of esters is 1. The molecule has 0 saturated heterocycles. The van der Waals surface area contributed by atoms with Gasteiger partial charge >= 0.3 is 5.97 Å². The van der Waals surface area contributed by atoms with Crippen molar-refractivity contribution < 1.29 is 9.53 Å². The Morgan fingerprint density at radius 3 is 2.72 bits per heavy atom. The Balaban J connectivity index is 2.14. The van der Waals surface area contributed by atoms with E-state index in [1.807, 2.05) is 7.05 Å². The molecule has 18 heavy (non-hydrogen) atoms. The van der Waals surface area contributed by atoms with E-state index in [2.05, 4.69) is 19.6 Å². The Morgan fingerprint density at radius 2 is 2.06 bits per heavy atom. The van der Waals surface area contributed by atoms with E-state index >= 15 is 0 Å². The van der Waals surface area contributed by atoms with Crippen LogP contribution in [0.25, 0.3) is 0 Å². The zero-order valence-electron chi connectivity index (χ0n) is 10.9. The Bertz CT molecular complexity index is 416. The molecule has 0 N–H and O–H groups in total. The Labute approximate surface area is 107 Å². The van der Waals surface area contributed by atoms with Gasteiger partial charge < -0.3 is 9.64 Å². The summed E-state index contributed by atoms with van der Waals surface area (Å²) in [5.41, 5.74) is 0.262. The van der Waals surface area contributed by atoms with Crippen LogP contribution in [0.4, 0.5) is 5.82 Å². The highest BCUT2D eigenvalue weighted by atomic mass is 16.5. The van der Waals surface area contributed by atoms with Gasteiger partial charge in [0, 0.05) is 13.1 Å². The standard InChI is InChI=1S/C13H19N3O2/c1-16(10-6-4-3-5-7-10)12-9-14-8-11(15-12)13(17)18-2/h8-10H,3-7H2,1-2H3. The van der Waals surface area contributed by atoms with Gasteiger partial charge in [0.25, 0.3) is 0 Å². The number of methoxy groups -OCH3 is 1. The molecule has 1 saturated carbocycles. The first-order chi connectivity index (χ1) is 8.72. The number of anilines is 1. The van der Waals surface area contributed by atoms with Crippen LogP contribution < -0.4 is 4.90 Å². The third kappa shape index (κ3) is 2.78. The van der Waals surface area contributed by atoms with Crippen molar-refractivity contribution >= 4 is 11.8 Å². The van der Waals surface area contributed by atoms with Crippen LogP contribution in [0.5, 0.6) is 0 Å². The quantitative estimate of drug-likeness (QED) is 0.767.